The van der Waals surface area contributed by atoms with Gasteiger partial charge in [0.15, 0.2) is 0 Å². The van der Waals surface area contributed by atoms with Crippen LogP contribution in [0.1, 0.15) is 85.1 Å². The lowest BCUT2D eigenvalue weighted by atomic mass is 9.88. The van der Waals surface area contributed by atoms with Crippen LogP contribution in [0.2, 0.25) is 5.04 Å². The Bertz CT molecular complexity index is 1700. The van der Waals surface area contributed by atoms with Crippen LogP contribution >= 0.6 is 0 Å². The summed E-state index contributed by atoms with van der Waals surface area (Å²) in [5, 5.41) is 2.28. The van der Waals surface area contributed by atoms with E-state index in [4.69, 9.17) is 9.16 Å². The van der Waals surface area contributed by atoms with Gasteiger partial charge in [0.1, 0.15) is 0 Å². The van der Waals surface area contributed by atoms with E-state index >= 15 is 0 Å². The first kappa shape index (κ1) is 36.3. The maximum absolute atomic E-state index is 14.6. The van der Waals surface area contributed by atoms with Crippen molar-refractivity contribution in [3.63, 3.8) is 0 Å². The van der Waals surface area contributed by atoms with Gasteiger partial charge in [-0.1, -0.05) is 126 Å². The van der Waals surface area contributed by atoms with Crippen LogP contribution < -0.4 is 16.1 Å². The quantitative estimate of drug-likeness (QED) is 0.123. The van der Waals surface area contributed by atoms with Gasteiger partial charge in [0.05, 0.1) is 36.2 Å². The van der Waals surface area contributed by atoms with E-state index < -0.39 is 14.2 Å². The second kappa shape index (κ2) is 16.3. The Morgan fingerprint density at radius 1 is 0.800 bits per heavy atom. The van der Waals surface area contributed by atoms with Gasteiger partial charge in [-0.25, -0.2) is 4.79 Å². The number of esters is 1. The minimum absolute atomic E-state index is 0.0787. The first-order chi connectivity index (χ1) is 24.2. The van der Waals surface area contributed by atoms with Crippen molar-refractivity contribution in [2.45, 2.75) is 96.7 Å². The van der Waals surface area contributed by atoms with Crippen LogP contribution in [0.4, 0.5) is 0 Å². The lowest BCUT2D eigenvalue weighted by Gasteiger charge is -2.43. The van der Waals surface area contributed by atoms with Crippen molar-refractivity contribution in [3.8, 4) is 0 Å². The average Bonchev–Trinajstić information content (AvgIpc) is 3.38. The number of carbonyl (C=O) groups excluding carboxylic acids is 1. The van der Waals surface area contributed by atoms with Gasteiger partial charge in [0.2, 0.25) is 0 Å². The fraction of sp³-hybridized carbons (Fsp3) is 0.524. The molecule has 1 aliphatic carbocycles. The largest absolute Gasteiger partial charge is 0.466 e. The summed E-state index contributed by atoms with van der Waals surface area (Å²) in [5.74, 6) is 0.0797. The third kappa shape index (κ3) is 7.58. The number of fused-ring (bicyclic) bond motifs is 1. The summed E-state index contributed by atoms with van der Waals surface area (Å²) >= 11 is 0. The molecule has 2 fully saturated rings. The molecule has 7 nitrogen and oxygen atoms in total. The molecule has 4 aromatic rings. The van der Waals surface area contributed by atoms with Crippen molar-refractivity contribution in [2.24, 2.45) is 11.8 Å². The summed E-state index contributed by atoms with van der Waals surface area (Å²) in [7, 11) is -2.77. The molecule has 0 bridgehead atoms. The molecule has 1 aliphatic heterocycles. The van der Waals surface area contributed by atoms with Gasteiger partial charge in [0, 0.05) is 26.2 Å². The fourth-order valence-electron chi connectivity index (χ4n) is 8.87. The SMILES string of the molecule is CCOC(=O)C1CN(CC2CCCCCCC2)CCC1n1c(=O)n(CCO[Si](c2ccccc2)(c2ccccc2)C(C)(C)C)c2ccccc21. The molecule has 2 aliphatic rings. The summed E-state index contributed by atoms with van der Waals surface area (Å²) in [6, 6.07) is 29.0. The van der Waals surface area contributed by atoms with E-state index in [-0.39, 0.29) is 22.7 Å². The van der Waals surface area contributed by atoms with E-state index in [1.54, 1.807) is 0 Å². The Hall–Kier alpha value is -3.46. The maximum atomic E-state index is 14.6. The zero-order valence-corrected chi connectivity index (χ0v) is 31.7. The van der Waals surface area contributed by atoms with Crippen molar-refractivity contribution in [1.82, 2.24) is 14.0 Å². The van der Waals surface area contributed by atoms with E-state index in [2.05, 4.69) is 86.3 Å². The second-order valence-corrected chi connectivity index (χ2v) is 19.8. The van der Waals surface area contributed by atoms with Crippen LogP contribution in [0.25, 0.3) is 11.0 Å². The standard InChI is InChI=1S/C42H57N3O4Si/c1-5-48-40(46)36-32-43(31-33-19-11-7-6-8-12-20-33)28-27-37(36)45-39-26-18-17-25-38(39)44(41(45)47)29-30-49-50(42(2,3)4,34-21-13-9-14-22-34)35-23-15-10-16-24-35/h9-10,13-18,21-26,33,36-37H,5-8,11-12,19-20,27-32H2,1-4H3. The molecule has 2 heterocycles. The number of likely N-dealkylation sites (tertiary alicyclic amines) is 1. The molecule has 0 N–H and O–H groups in total. The summed E-state index contributed by atoms with van der Waals surface area (Å²) in [4.78, 5) is 30.7. The van der Waals surface area contributed by atoms with E-state index in [0.717, 1.165) is 30.5 Å². The topological polar surface area (TPSA) is 65.7 Å². The zero-order chi connectivity index (χ0) is 35.1. The van der Waals surface area contributed by atoms with Gasteiger partial charge in [-0.2, -0.15) is 0 Å². The van der Waals surface area contributed by atoms with Gasteiger partial charge in [-0.15, -0.1) is 0 Å². The second-order valence-electron chi connectivity index (χ2n) is 15.5. The molecule has 0 spiro atoms. The number of carbonyl (C=O) groups is 1. The summed E-state index contributed by atoms with van der Waals surface area (Å²) in [6.45, 7) is 12.4. The van der Waals surface area contributed by atoms with Gasteiger partial charge >= 0.3 is 11.7 Å². The van der Waals surface area contributed by atoms with Gasteiger partial charge < -0.3 is 14.1 Å². The summed E-state index contributed by atoms with van der Waals surface area (Å²) in [6.07, 6.45) is 9.91. The number of benzene rings is 3. The Balaban J connectivity index is 1.30. The van der Waals surface area contributed by atoms with Crippen molar-refractivity contribution >= 4 is 35.7 Å². The van der Waals surface area contributed by atoms with Gasteiger partial charge in [-0.05, 0) is 59.6 Å². The predicted molar refractivity (Wildman–Crippen MR) is 206 cm³/mol. The average molecular weight is 696 g/mol. The minimum Gasteiger partial charge on any atom is -0.466 e. The zero-order valence-electron chi connectivity index (χ0n) is 30.7. The molecular weight excluding hydrogens is 639 g/mol. The number of imidazole rings is 1. The van der Waals surface area contributed by atoms with Crippen molar-refractivity contribution in [1.29, 1.82) is 0 Å². The monoisotopic (exact) mass is 695 g/mol. The Morgan fingerprint density at radius 2 is 1.38 bits per heavy atom. The number of aromatic nitrogens is 2. The van der Waals surface area contributed by atoms with Crippen LogP contribution in [0, 0.1) is 11.8 Å². The molecule has 8 heteroatoms. The van der Waals surface area contributed by atoms with E-state index in [1.165, 1.54) is 55.3 Å². The highest BCUT2D eigenvalue weighted by atomic mass is 28.4. The van der Waals surface area contributed by atoms with Crippen LogP contribution in [0.5, 0.6) is 0 Å². The van der Waals surface area contributed by atoms with E-state index in [1.807, 2.05) is 40.3 Å². The van der Waals surface area contributed by atoms with Gasteiger partial charge in [-0.3, -0.25) is 13.9 Å². The van der Waals surface area contributed by atoms with Crippen LogP contribution in [-0.4, -0.2) is 61.2 Å². The van der Waals surface area contributed by atoms with Crippen LogP contribution in [-0.2, 0) is 20.5 Å². The van der Waals surface area contributed by atoms with Crippen molar-refractivity contribution in [3.05, 3.63) is 95.4 Å². The molecule has 2 unspecified atom stereocenters. The predicted octanol–water partition coefficient (Wildman–Crippen LogP) is 7.17. The Labute approximate surface area is 299 Å². The smallest absolute Gasteiger partial charge is 0.329 e. The number of hydrogen-bond donors (Lipinski definition) is 0. The Kier molecular flexibility index (Phi) is 11.8. The number of hydrogen-bond acceptors (Lipinski definition) is 5. The molecular formula is C42H57N3O4Si. The molecule has 1 aromatic heterocycles. The molecule has 2 atom stereocenters. The third-order valence-corrected chi connectivity index (χ3v) is 16.3. The van der Waals surface area contributed by atoms with Gasteiger partial charge in [0.25, 0.3) is 8.32 Å². The molecule has 6 rings (SSSR count). The lowest BCUT2D eigenvalue weighted by molar-refractivity contribution is -0.152. The van der Waals surface area contributed by atoms with E-state index in [9.17, 15) is 9.59 Å². The van der Waals surface area contributed by atoms with Crippen molar-refractivity contribution in [2.75, 3.05) is 32.8 Å². The number of ether oxygens (including phenoxy) is 1. The first-order valence-electron chi connectivity index (χ1n) is 19.1. The number of rotatable bonds is 11. The minimum atomic E-state index is -2.77. The normalized spacial score (nSPS) is 20.0. The fourth-order valence-corrected chi connectivity index (χ4v) is 13.4. The number of piperidine rings is 1. The highest BCUT2D eigenvalue weighted by Crippen LogP contribution is 2.37. The number of nitrogens with zero attached hydrogens (tertiary/aromatic N) is 3. The highest BCUT2D eigenvalue weighted by Gasteiger charge is 2.50. The molecule has 268 valence electrons. The molecule has 1 saturated heterocycles. The molecule has 1 saturated carbocycles. The molecule has 50 heavy (non-hydrogen) atoms. The highest BCUT2D eigenvalue weighted by molar-refractivity contribution is 6.99. The molecule has 0 amide bonds. The van der Waals surface area contributed by atoms with E-state index in [0.29, 0.717) is 32.2 Å². The van der Waals surface area contributed by atoms with Crippen molar-refractivity contribution < 1.29 is 14.0 Å². The first-order valence-corrected chi connectivity index (χ1v) is 21.0. The summed E-state index contributed by atoms with van der Waals surface area (Å²) < 4.78 is 16.7. The maximum Gasteiger partial charge on any atom is 0.329 e. The molecule has 0 radical (unpaired) electrons. The summed E-state index contributed by atoms with van der Waals surface area (Å²) in [5.41, 5.74) is 1.67. The lowest BCUT2D eigenvalue weighted by Crippen LogP contribution is -2.66. The number of para-hydroxylation sites is 2. The van der Waals surface area contributed by atoms with Crippen LogP contribution in [0.3, 0.4) is 0 Å². The third-order valence-electron chi connectivity index (χ3n) is 11.2. The van der Waals surface area contributed by atoms with Crippen LogP contribution in [0.15, 0.2) is 89.7 Å². The molecule has 3 aromatic carbocycles. The Morgan fingerprint density at radius 3 is 1.98 bits per heavy atom.